The number of nitrogens with one attached hydrogen (secondary N) is 1. The third-order valence-corrected chi connectivity index (χ3v) is 2.52. The molecule has 6 heteroatoms. The van der Waals surface area contributed by atoms with Crippen molar-refractivity contribution in [2.75, 3.05) is 20.8 Å². The van der Waals surface area contributed by atoms with Crippen LogP contribution >= 0.6 is 0 Å². The van der Waals surface area contributed by atoms with Gasteiger partial charge in [0.05, 0.1) is 13.2 Å². The first-order valence-corrected chi connectivity index (χ1v) is 4.78. The van der Waals surface area contributed by atoms with E-state index in [0.717, 1.165) is 0 Å². The summed E-state index contributed by atoms with van der Waals surface area (Å²) in [6.07, 6.45) is -0.929. The maximum Gasteiger partial charge on any atom is 0.408 e. The van der Waals surface area contributed by atoms with Gasteiger partial charge in [-0.3, -0.25) is 5.32 Å². The van der Waals surface area contributed by atoms with Gasteiger partial charge < -0.3 is 14.2 Å². The number of alkyl carbamates (subject to hydrolysis) is 1. The number of ether oxygens (including phenoxy) is 3. The van der Waals surface area contributed by atoms with Crippen molar-refractivity contribution in [1.29, 1.82) is 0 Å². The molecular formula is C8H16NO4Si. The summed E-state index contributed by atoms with van der Waals surface area (Å²) >= 11 is 0. The van der Waals surface area contributed by atoms with Gasteiger partial charge in [-0.05, 0) is 13.8 Å². The molecule has 2 atom stereocenters. The fourth-order valence-electron chi connectivity index (χ4n) is 0.889. The highest BCUT2D eigenvalue weighted by molar-refractivity contribution is 6.15. The van der Waals surface area contributed by atoms with Crippen LogP contribution in [0.3, 0.4) is 0 Å². The zero-order valence-electron chi connectivity index (χ0n) is 8.92. The second kappa shape index (κ2) is 6.00. The molecule has 0 aliphatic rings. The molecule has 0 heterocycles. The maximum atomic E-state index is 11.0. The first-order valence-electron chi connectivity index (χ1n) is 4.28. The first-order chi connectivity index (χ1) is 6.50. The molecule has 0 rings (SSSR count). The largest absolute Gasteiger partial charge is 0.453 e. The Labute approximate surface area is 87.5 Å². The number of hydrogen-bond donors (Lipinski definition) is 1. The van der Waals surface area contributed by atoms with Gasteiger partial charge in [0.15, 0.2) is 0 Å². The minimum Gasteiger partial charge on any atom is -0.453 e. The fourth-order valence-corrected chi connectivity index (χ4v) is 1.07. The van der Waals surface area contributed by atoms with Crippen molar-refractivity contribution in [1.82, 2.24) is 5.32 Å². The minimum atomic E-state index is -1.07. The van der Waals surface area contributed by atoms with E-state index in [0.29, 0.717) is 6.61 Å². The van der Waals surface area contributed by atoms with Crippen molar-refractivity contribution >= 4 is 16.3 Å². The lowest BCUT2D eigenvalue weighted by Crippen LogP contribution is -2.58. The zero-order chi connectivity index (χ0) is 11.2. The van der Waals surface area contributed by atoms with Crippen LogP contribution in [0.25, 0.3) is 0 Å². The number of hydrogen-bond acceptors (Lipinski definition) is 4. The lowest BCUT2D eigenvalue weighted by molar-refractivity contribution is -0.0838. The molecule has 5 nitrogen and oxygen atoms in total. The van der Waals surface area contributed by atoms with E-state index in [1.54, 1.807) is 6.92 Å². The van der Waals surface area contributed by atoms with E-state index in [-0.39, 0.29) is 6.10 Å². The van der Waals surface area contributed by atoms with Crippen LogP contribution in [0.4, 0.5) is 4.79 Å². The van der Waals surface area contributed by atoms with Gasteiger partial charge in [0.2, 0.25) is 0 Å². The second-order valence-electron chi connectivity index (χ2n) is 2.65. The van der Waals surface area contributed by atoms with E-state index < -0.39 is 11.4 Å². The molecule has 0 saturated carbocycles. The van der Waals surface area contributed by atoms with E-state index in [9.17, 15) is 4.79 Å². The van der Waals surface area contributed by atoms with Gasteiger partial charge in [-0.2, -0.15) is 0 Å². The van der Waals surface area contributed by atoms with Crippen LogP contribution in [0.1, 0.15) is 13.8 Å². The van der Waals surface area contributed by atoms with Crippen molar-refractivity contribution in [2.45, 2.75) is 25.3 Å². The van der Waals surface area contributed by atoms with E-state index in [1.165, 1.54) is 14.2 Å². The molecule has 81 valence electrons. The van der Waals surface area contributed by atoms with E-state index >= 15 is 0 Å². The summed E-state index contributed by atoms with van der Waals surface area (Å²) in [6.45, 7) is 4.16. The summed E-state index contributed by atoms with van der Waals surface area (Å²) in [5.41, 5.74) is 0. The molecule has 0 aromatic heterocycles. The standard InChI is InChI=1S/C8H16NO4Si/c1-5-13-6(2)8(14,12-4)9-7(10)11-3/h6H,5H2,1-4H3,(H,9,10). The summed E-state index contributed by atoms with van der Waals surface area (Å²) in [7, 11) is 6.03. The average molecular weight is 218 g/mol. The normalized spacial score (nSPS) is 16.9. The summed E-state index contributed by atoms with van der Waals surface area (Å²) in [6, 6.07) is 0. The molecule has 0 aromatic carbocycles. The van der Waals surface area contributed by atoms with E-state index in [1.807, 2.05) is 6.92 Å². The zero-order valence-corrected chi connectivity index (χ0v) is 9.92. The molecule has 3 radical (unpaired) electrons. The van der Waals surface area contributed by atoms with Crippen molar-refractivity contribution in [3.63, 3.8) is 0 Å². The molecule has 1 N–H and O–H groups in total. The Balaban J connectivity index is 4.37. The first kappa shape index (κ1) is 13.4. The number of rotatable bonds is 5. The Morgan fingerprint density at radius 3 is 2.50 bits per heavy atom. The van der Waals surface area contributed by atoms with Crippen LogP contribution in [0, 0.1) is 0 Å². The second-order valence-corrected chi connectivity index (χ2v) is 3.40. The number of methoxy groups -OCH3 is 2. The molecule has 0 bridgehead atoms. The Bertz CT molecular complexity index is 190. The third kappa shape index (κ3) is 3.65. The third-order valence-electron chi connectivity index (χ3n) is 1.78. The van der Waals surface area contributed by atoms with Crippen LogP contribution < -0.4 is 5.32 Å². The predicted molar refractivity (Wildman–Crippen MR) is 52.1 cm³/mol. The fraction of sp³-hybridized carbons (Fsp3) is 0.875. The summed E-state index contributed by atoms with van der Waals surface area (Å²) in [5, 5.41) is 1.42. The van der Waals surface area contributed by atoms with Crippen molar-refractivity contribution in [2.24, 2.45) is 0 Å². The maximum absolute atomic E-state index is 11.0. The molecular weight excluding hydrogens is 202 g/mol. The van der Waals surface area contributed by atoms with Crippen LogP contribution in [-0.2, 0) is 14.2 Å². The van der Waals surface area contributed by atoms with Gasteiger partial charge in [-0.25, -0.2) is 4.79 Å². The monoisotopic (exact) mass is 218 g/mol. The Hall–Kier alpha value is -0.593. The van der Waals surface area contributed by atoms with Gasteiger partial charge in [-0.1, -0.05) is 0 Å². The van der Waals surface area contributed by atoms with Gasteiger partial charge in [-0.15, -0.1) is 0 Å². The molecule has 0 fully saturated rings. The Morgan fingerprint density at radius 1 is 1.57 bits per heavy atom. The molecule has 0 saturated heterocycles. The van der Waals surface area contributed by atoms with Gasteiger partial charge in [0, 0.05) is 13.7 Å². The summed E-state index contributed by atoms with van der Waals surface area (Å²) in [5.74, 6) is 0. The predicted octanol–water partition coefficient (Wildman–Crippen LogP) is 0.236. The average Bonchev–Trinajstić information content (AvgIpc) is 2.17. The number of amides is 1. The Morgan fingerprint density at radius 2 is 2.14 bits per heavy atom. The Kier molecular flexibility index (Phi) is 5.74. The number of carbonyl (C=O) groups is 1. The van der Waals surface area contributed by atoms with Gasteiger partial charge in [0.25, 0.3) is 0 Å². The molecule has 0 aliphatic heterocycles. The highest BCUT2D eigenvalue weighted by atomic mass is 28.1. The molecule has 14 heavy (non-hydrogen) atoms. The van der Waals surface area contributed by atoms with Crippen LogP contribution in [0.5, 0.6) is 0 Å². The summed E-state index contributed by atoms with van der Waals surface area (Å²) in [4.78, 5) is 11.0. The quantitative estimate of drug-likeness (QED) is 0.530. The molecule has 0 aliphatic carbocycles. The van der Waals surface area contributed by atoms with Crippen LogP contribution in [0.15, 0.2) is 0 Å². The molecule has 1 amide bonds. The van der Waals surface area contributed by atoms with Gasteiger partial charge >= 0.3 is 6.09 Å². The number of carbonyl (C=O) groups excluding carboxylic acids is 1. The highest BCUT2D eigenvalue weighted by Crippen LogP contribution is 2.11. The van der Waals surface area contributed by atoms with E-state index in [4.69, 9.17) is 9.47 Å². The molecule has 0 aromatic rings. The summed E-state index contributed by atoms with van der Waals surface area (Å²) < 4.78 is 14.9. The minimum absolute atomic E-state index is 0.340. The highest BCUT2D eigenvalue weighted by Gasteiger charge is 2.33. The SMILES string of the molecule is CCOC(C)C([Si])(NC(=O)OC)OC. The lowest BCUT2D eigenvalue weighted by Gasteiger charge is -2.34. The lowest BCUT2D eigenvalue weighted by atomic mass is 10.3. The molecule has 2 unspecified atom stereocenters. The van der Waals surface area contributed by atoms with Crippen molar-refractivity contribution in [3.8, 4) is 0 Å². The van der Waals surface area contributed by atoms with E-state index in [2.05, 4.69) is 20.3 Å². The topological polar surface area (TPSA) is 56.8 Å². The van der Waals surface area contributed by atoms with Crippen LogP contribution in [0.2, 0.25) is 0 Å². The van der Waals surface area contributed by atoms with Crippen molar-refractivity contribution < 1.29 is 19.0 Å². The van der Waals surface area contributed by atoms with Crippen molar-refractivity contribution in [3.05, 3.63) is 0 Å². The van der Waals surface area contributed by atoms with Gasteiger partial charge in [0.1, 0.15) is 15.6 Å². The smallest absolute Gasteiger partial charge is 0.408 e. The van der Waals surface area contributed by atoms with Crippen LogP contribution in [-0.4, -0.2) is 48.6 Å². The molecule has 0 spiro atoms.